The number of rotatable bonds is 5. The van der Waals surface area contributed by atoms with Crippen molar-refractivity contribution in [1.82, 2.24) is 0 Å². The molecule has 1 saturated carbocycles. The fraction of sp³-hybridized carbons (Fsp3) is 0.379. The van der Waals surface area contributed by atoms with E-state index < -0.39 is 0 Å². The number of unbranched alkanes of at least 4 members (excludes halogenated alkanes) is 2. The van der Waals surface area contributed by atoms with Gasteiger partial charge in [0, 0.05) is 16.0 Å². The van der Waals surface area contributed by atoms with Crippen LogP contribution in [0.15, 0.2) is 54.6 Å². The number of fused-ring (bicyclic) bond motifs is 1. The van der Waals surface area contributed by atoms with Crippen molar-refractivity contribution in [3.05, 3.63) is 82.1 Å². The molecule has 1 aliphatic carbocycles. The summed E-state index contributed by atoms with van der Waals surface area (Å²) in [7, 11) is 0. The molecule has 0 atom stereocenters. The summed E-state index contributed by atoms with van der Waals surface area (Å²) in [6, 6.07) is 17.4. The van der Waals surface area contributed by atoms with Gasteiger partial charge in [0.2, 0.25) is 0 Å². The van der Waals surface area contributed by atoms with Gasteiger partial charge in [0.15, 0.2) is 0 Å². The van der Waals surface area contributed by atoms with Gasteiger partial charge in [-0.05, 0) is 78.8 Å². The molecule has 0 nitrogen and oxygen atoms in total. The summed E-state index contributed by atoms with van der Waals surface area (Å²) in [5, 5.41) is 2.29. The molecule has 3 aromatic carbocycles. The summed E-state index contributed by atoms with van der Waals surface area (Å²) in [6.45, 7) is 2.27. The highest BCUT2D eigenvalue weighted by Crippen LogP contribution is 2.38. The topological polar surface area (TPSA) is 0 Å². The third-order valence-corrected chi connectivity index (χ3v) is 6.95. The molecule has 0 N–H and O–H groups in total. The fourth-order valence-corrected chi connectivity index (χ4v) is 4.93. The lowest BCUT2D eigenvalue weighted by molar-refractivity contribution is 0.303. The number of benzene rings is 3. The zero-order valence-corrected chi connectivity index (χ0v) is 19.0. The molecule has 31 heavy (non-hydrogen) atoms. The van der Waals surface area contributed by atoms with Crippen LogP contribution in [0.1, 0.15) is 80.9 Å². The van der Waals surface area contributed by atoms with Crippen molar-refractivity contribution in [1.29, 1.82) is 0 Å². The van der Waals surface area contributed by atoms with E-state index in [2.05, 4.69) is 30.9 Å². The number of hydrogen-bond acceptors (Lipinski definition) is 0. The van der Waals surface area contributed by atoms with Crippen LogP contribution in [0.3, 0.4) is 0 Å². The quantitative estimate of drug-likeness (QED) is 0.279. The van der Waals surface area contributed by atoms with Gasteiger partial charge >= 0.3 is 0 Å². The molecule has 1 fully saturated rings. The second kappa shape index (κ2) is 10.3. The highest BCUT2D eigenvalue weighted by atomic mass is 35.5. The van der Waals surface area contributed by atoms with Gasteiger partial charge in [-0.1, -0.05) is 80.3 Å². The minimum Gasteiger partial charge on any atom is -0.205 e. The van der Waals surface area contributed by atoms with E-state index in [1.807, 2.05) is 24.3 Å². The Kier molecular flexibility index (Phi) is 7.31. The van der Waals surface area contributed by atoms with Crippen LogP contribution in [-0.4, -0.2) is 0 Å². The summed E-state index contributed by atoms with van der Waals surface area (Å²) in [6.07, 6.45) is 10.6. The van der Waals surface area contributed by atoms with Crippen LogP contribution in [0.4, 0.5) is 4.39 Å². The van der Waals surface area contributed by atoms with Crippen molar-refractivity contribution in [2.24, 2.45) is 5.92 Å². The van der Waals surface area contributed by atoms with Crippen molar-refractivity contribution in [3.63, 3.8) is 0 Å². The van der Waals surface area contributed by atoms with E-state index in [-0.39, 0.29) is 5.82 Å². The molecular weight excluding hydrogens is 403 g/mol. The maximum atomic E-state index is 15.1. The Morgan fingerprint density at radius 3 is 2.42 bits per heavy atom. The number of halogens is 2. The van der Waals surface area contributed by atoms with E-state index in [0.29, 0.717) is 21.9 Å². The van der Waals surface area contributed by atoms with E-state index >= 15 is 4.39 Å². The van der Waals surface area contributed by atoms with Crippen molar-refractivity contribution < 1.29 is 4.39 Å². The summed E-state index contributed by atoms with van der Waals surface area (Å²) in [5.41, 5.74) is 2.62. The molecule has 0 heterocycles. The summed E-state index contributed by atoms with van der Waals surface area (Å²) >= 11 is 5.91. The maximum Gasteiger partial charge on any atom is 0.146 e. The lowest BCUT2D eigenvalue weighted by Crippen LogP contribution is -2.13. The first-order chi connectivity index (χ1) is 15.1. The molecule has 0 unspecified atom stereocenters. The fourth-order valence-electron chi connectivity index (χ4n) is 4.80. The van der Waals surface area contributed by atoms with Gasteiger partial charge in [-0.2, -0.15) is 0 Å². The smallest absolute Gasteiger partial charge is 0.146 e. The second-order valence-corrected chi connectivity index (χ2v) is 9.31. The van der Waals surface area contributed by atoms with Crippen molar-refractivity contribution in [2.45, 2.75) is 64.2 Å². The zero-order valence-electron chi connectivity index (χ0n) is 18.3. The first-order valence-corrected chi connectivity index (χ1v) is 12.0. The molecule has 0 aromatic heterocycles. The van der Waals surface area contributed by atoms with Crippen molar-refractivity contribution in [2.75, 3.05) is 0 Å². The second-order valence-electron chi connectivity index (χ2n) is 8.88. The van der Waals surface area contributed by atoms with Crippen LogP contribution < -0.4 is 0 Å². The average molecular weight is 433 g/mol. The van der Waals surface area contributed by atoms with E-state index in [4.69, 9.17) is 11.6 Å². The monoisotopic (exact) mass is 432 g/mol. The molecule has 3 aromatic rings. The molecule has 4 rings (SSSR count). The largest absolute Gasteiger partial charge is 0.205 e. The van der Waals surface area contributed by atoms with Gasteiger partial charge < -0.3 is 0 Å². The van der Waals surface area contributed by atoms with E-state index in [1.165, 1.54) is 56.9 Å². The Hall–Kier alpha value is -2.30. The van der Waals surface area contributed by atoms with E-state index in [1.54, 1.807) is 18.2 Å². The van der Waals surface area contributed by atoms with Gasteiger partial charge in [0.1, 0.15) is 5.82 Å². The first kappa shape index (κ1) is 21.9. The average Bonchev–Trinajstić information content (AvgIpc) is 2.80. The van der Waals surface area contributed by atoms with Gasteiger partial charge in [-0.3, -0.25) is 0 Å². The molecule has 0 radical (unpaired) electrons. The molecule has 1 aliphatic rings. The summed E-state index contributed by atoms with van der Waals surface area (Å²) in [5.74, 6) is 7.29. The van der Waals surface area contributed by atoms with Crippen molar-refractivity contribution >= 4 is 22.4 Å². The predicted molar refractivity (Wildman–Crippen MR) is 130 cm³/mol. The zero-order chi connectivity index (χ0) is 21.6. The normalized spacial score (nSPS) is 18.5. The third kappa shape index (κ3) is 5.50. The lowest BCUT2D eigenvalue weighted by Gasteiger charge is -2.29. The SMILES string of the molecule is CCCCCC1CCC(c2ccc3c(F)c(C#Cc4ccc(Cl)cc4)ccc3c2)CC1. The highest BCUT2D eigenvalue weighted by molar-refractivity contribution is 6.30. The molecule has 0 bridgehead atoms. The van der Waals surface area contributed by atoms with Gasteiger partial charge in [-0.25, -0.2) is 4.39 Å². The minimum absolute atomic E-state index is 0.231. The van der Waals surface area contributed by atoms with Crippen LogP contribution in [0.5, 0.6) is 0 Å². The Bertz CT molecular complexity index is 1080. The first-order valence-electron chi connectivity index (χ1n) is 11.6. The minimum atomic E-state index is -0.231. The molecule has 0 spiro atoms. The molecular formula is C29H30ClF. The van der Waals surface area contributed by atoms with Crippen LogP contribution in [0, 0.1) is 23.6 Å². The maximum absolute atomic E-state index is 15.1. The summed E-state index contributed by atoms with van der Waals surface area (Å²) < 4.78 is 15.1. The lowest BCUT2D eigenvalue weighted by atomic mass is 9.77. The Balaban J connectivity index is 1.47. The number of hydrogen-bond donors (Lipinski definition) is 0. The Morgan fingerprint density at radius 2 is 1.68 bits per heavy atom. The van der Waals surface area contributed by atoms with Crippen LogP contribution >= 0.6 is 11.6 Å². The van der Waals surface area contributed by atoms with Crippen LogP contribution in [0.25, 0.3) is 10.8 Å². The van der Waals surface area contributed by atoms with Crippen LogP contribution in [-0.2, 0) is 0 Å². The van der Waals surface area contributed by atoms with Crippen LogP contribution in [0.2, 0.25) is 5.02 Å². The molecule has 2 heteroatoms. The Morgan fingerprint density at radius 1 is 0.903 bits per heavy atom. The van der Waals surface area contributed by atoms with Gasteiger partial charge in [0.05, 0.1) is 5.56 Å². The molecule has 0 saturated heterocycles. The molecule has 0 aliphatic heterocycles. The highest BCUT2D eigenvalue weighted by Gasteiger charge is 2.22. The van der Waals surface area contributed by atoms with E-state index in [9.17, 15) is 0 Å². The third-order valence-electron chi connectivity index (χ3n) is 6.70. The van der Waals surface area contributed by atoms with Gasteiger partial charge in [-0.15, -0.1) is 0 Å². The predicted octanol–water partition coefficient (Wildman–Crippen LogP) is 8.89. The molecule has 0 amide bonds. The standard InChI is InChI=1S/C29H30ClF/c1-2-3-4-5-21-6-11-23(12-7-21)25-16-19-28-26(20-25)15-14-24(29(28)31)13-8-22-9-17-27(30)18-10-22/h9-10,14-21,23H,2-7,11-12H2,1H3. The molecule has 160 valence electrons. The van der Waals surface area contributed by atoms with E-state index in [0.717, 1.165) is 16.9 Å². The Labute approximate surface area is 190 Å². The van der Waals surface area contributed by atoms with Crippen molar-refractivity contribution in [3.8, 4) is 11.8 Å². The summed E-state index contributed by atoms with van der Waals surface area (Å²) in [4.78, 5) is 0. The van der Waals surface area contributed by atoms with Gasteiger partial charge in [0.25, 0.3) is 0 Å².